The molecule has 1 aromatic heterocycles. The van der Waals surface area contributed by atoms with Gasteiger partial charge in [0, 0.05) is 24.4 Å². The summed E-state index contributed by atoms with van der Waals surface area (Å²) in [4.78, 5) is 4.35. The summed E-state index contributed by atoms with van der Waals surface area (Å²) >= 11 is 0. The first kappa shape index (κ1) is 10.7. The van der Waals surface area contributed by atoms with E-state index in [4.69, 9.17) is 4.42 Å². The zero-order valence-corrected chi connectivity index (χ0v) is 9.84. The Bertz CT molecular complexity index is 687. The summed E-state index contributed by atoms with van der Waals surface area (Å²) in [5.41, 5.74) is 3.26. The molecular formula is C14H12N2O2. The molecule has 0 saturated carbocycles. The van der Waals surface area contributed by atoms with E-state index in [0.717, 1.165) is 11.3 Å². The highest BCUT2D eigenvalue weighted by Crippen LogP contribution is 2.27. The second-order valence-electron chi connectivity index (χ2n) is 4.00. The first-order valence-corrected chi connectivity index (χ1v) is 5.64. The molecule has 0 radical (unpaired) electrons. The van der Waals surface area contributed by atoms with Gasteiger partial charge in [0.1, 0.15) is 11.3 Å². The van der Waals surface area contributed by atoms with Crippen LogP contribution in [-0.2, 0) is 0 Å². The second kappa shape index (κ2) is 4.07. The van der Waals surface area contributed by atoms with Crippen molar-refractivity contribution in [1.29, 1.82) is 0 Å². The Kier molecular flexibility index (Phi) is 2.41. The Morgan fingerprint density at radius 3 is 2.61 bits per heavy atom. The number of benzene rings is 2. The van der Waals surface area contributed by atoms with E-state index >= 15 is 0 Å². The number of hydrogen-bond donors (Lipinski definition) is 2. The van der Waals surface area contributed by atoms with Crippen molar-refractivity contribution in [3.63, 3.8) is 0 Å². The molecule has 4 heteroatoms. The van der Waals surface area contributed by atoms with Crippen LogP contribution in [0.25, 0.3) is 22.6 Å². The van der Waals surface area contributed by atoms with Crippen molar-refractivity contribution in [1.82, 2.24) is 4.98 Å². The maximum absolute atomic E-state index is 9.39. The largest absolute Gasteiger partial charge is 0.508 e. The number of fused-ring (bicyclic) bond motifs is 1. The first-order chi connectivity index (χ1) is 8.76. The van der Waals surface area contributed by atoms with E-state index in [1.165, 1.54) is 0 Å². The normalized spacial score (nSPS) is 10.7. The van der Waals surface area contributed by atoms with Crippen LogP contribution < -0.4 is 5.32 Å². The minimum Gasteiger partial charge on any atom is -0.508 e. The van der Waals surface area contributed by atoms with Gasteiger partial charge in [-0.3, -0.25) is 0 Å². The van der Waals surface area contributed by atoms with Crippen LogP contribution in [0.2, 0.25) is 0 Å². The van der Waals surface area contributed by atoms with Gasteiger partial charge in [-0.2, -0.15) is 0 Å². The van der Waals surface area contributed by atoms with Crippen LogP contribution in [0.3, 0.4) is 0 Å². The quantitative estimate of drug-likeness (QED) is 0.722. The lowest BCUT2D eigenvalue weighted by Crippen LogP contribution is -1.86. The van der Waals surface area contributed by atoms with Crippen LogP contribution >= 0.6 is 0 Å². The third kappa shape index (κ3) is 1.78. The molecule has 0 atom stereocenters. The van der Waals surface area contributed by atoms with Gasteiger partial charge in [-0.15, -0.1) is 0 Å². The number of aromatic nitrogens is 1. The van der Waals surface area contributed by atoms with E-state index in [2.05, 4.69) is 10.3 Å². The van der Waals surface area contributed by atoms with Crippen molar-refractivity contribution < 1.29 is 9.52 Å². The average molecular weight is 240 g/mol. The molecule has 0 bridgehead atoms. The molecule has 0 unspecified atom stereocenters. The van der Waals surface area contributed by atoms with Gasteiger partial charge in [-0.1, -0.05) is 0 Å². The molecule has 2 N–H and O–H groups in total. The molecule has 0 aliphatic rings. The summed E-state index contributed by atoms with van der Waals surface area (Å²) in [5.74, 6) is 0.742. The van der Waals surface area contributed by atoms with Crippen LogP contribution in [0.15, 0.2) is 46.9 Å². The molecular weight excluding hydrogens is 228 g/mol. The number of nitrogens with one attached hydrogen (secondary N) is 1. The topological polar surface area (TPSA) is 58.3 Å². The standard InChI is InChI=1S/C14H12N2O2/c1-15-10-4-2-9(3-5-10)14-16-12-8-11(17)6-7-13(12)18-14/h2-8,15,17H,1H3. The van der Waals surface area contributed by atoms with Gasteiger partial charge in [0.25, 0.3) is 0 Å². The number of rotatable bonds is 2. The number of aromatic hydroxyl groups is 1. The van der Waals surface area contributed by atoms with Gasteiger partial charge < -0.3 is 14.8 Å². The third-order valence-corrected chi connectivity index (χ3v) is 2.79. The molecule has 0 spiro atoms. The number of phenolic OH excluding ortho intramolecular Hbond substituents is 1. The maximum Gasteiger partial charge on any atom is 0.227 e. The number of phenols is 1. The zero-order valence-electron chi connectivity index (χ0n) is 9.84. The number of nitrogens with zero attached hydrogens (tertiary/aromatic N) is 1. The molecule has 2 aromatic carbocycles. The van der Waals surface area contributed by atoms with Gasteiger partial charge in [0.15, 0.2) is 5.58 Å². The number of oxazole rings is 1. The smallest absolute Gasteiger partial charge is 0.227 e. The molecule has 90 valence electrons. The lowest BCUT2D eigenvalue weighted by Gasteiger charge is -1.99. The minimum atomic E-state index is 0.188. The number of anilines is 1. The predicted octanol–water partition coefficient (Wildman–Crippen LogP) is 3.24. The summed E-state index contributed by atoms with van der Waals surface area (Å²) in [5, 5.41) is 12.4. The van der Waals surface area contributed by atoms with Gasteiger partial charge in [-0.25, -0.2) is 4.98 Å². The van der Waals surface area contributed by atoms with Gasteiger partial charge >= 0.3 is 0 Å². The lowest BCUT2D eigenvalue weighted by molar-refractivity contribution is 0.476. The number of hydrogen-bond acceptors (Lipinski definition) is 4. The Labute approximate surface area is 104 Å². The zero-order chi connectivity index (χ0) is 12.5. The Hall–Kier alpha value is -2.49. The second-order valence-corrected chi connectivity index (χ2v) is 4.00. The highest BCUT2D eigenvalue weighted by Gasteiger charge is 2.08. The summed E-state index contributed by atoms with van der Waals surface area (Å²) in [6, 6.07) is 12.7. The van der Waals surface area contributed by atoms with Crippen LogP contribution in [0, 0.1) is 0 Å². The van der Waals surface area contributed by atoms with Crippen molar-refractivity contribution in [2.24, 2.45) is 0 Å². The van der Waals surface area contributed by atoms with Crippen molar-refractivity contribution in [3.8, 4) is 17.2 Å². The molecule has 0 aliphatic carbocycles. The molecule has 4 nitrogen and oxygen atoms in total. The van der Waals surface area contributed by atoms with Gasteiger partial charge in [0.2, 0.25) is 5.89 Å². The van der Waals surface area contributed by atoms with Crippen molar-refractivity contribution >= 4 is 16.8 Å². The molecule has 0 aliphatic heterocycles. The monoisotopic (exact) mass is 240 g/mol. The van der Waals surface area contributed by atoms with Gasteiger partial charge in [0.05, 0.1) is 0 Å². The summed E-state index contributed by atoms with van der Waals surface area (Å²) in [6.07, 6.45) is 0. The third-order valence-electron chi connectivity index (χ3n) is 2.79. The molecule has 0 saturated heterocycles. The Morgan fingerprint density at radius 1 is 1.11 bits per heavy atom. The first-order valence-electron chi connectivity index (χ1n) is 5.64. The summed E-state index contributed by atoms with van der Waals surface area (Å²) < 4.78 is 5.64. The van der Waals surface area contributed by atoms with E-state index in [1.54, 1.807) is 18.2 Å². The van der Waals surface area contributed by atoms with E-state index < -0.39 is 0 Å². The molecule has 1 heterocycles. The highest BCUT2D eigenvalue weighted by atomic mass is 16.3. The molecule has 0 amide bonds. The predicted molar refractivity (Wildman–Crippen MR) is 70.7 cm³/mol. The van der Waals surface area contributed by atoms with Crippen molar-refractivity contribution in [2.75, 3.05) is 12.4 Å². The van der Waals surface area contributed by atoms with Crippen LogP contribution in [0.5, 0.6) is 5.75 Å². The highest BCUT2D eigenvalue weighted by molar-refractivity contribution is 5.77. The molecule has 18 heavy (non-hydrogen) atoms. The minimum absolute atomic E-state index is 0.188. The van der Waals surface area contributed by atoms with Gasteiger partial charge in [-0.05, 0) is 36.4 Å². The maximum atomic E-state index is 9.39. The fourth-order valence-corrected chi connectivity index (χ4v) is 1.82. The summed E-state index contributed by atoms with van der Waals surface area (Å²) in [7, 11) is 1.87. The Morgan fingerprint density at radius 2 is 1.89 bits per heavy atom. The van der Waals surface area contributed by atoms with Crippen molar-refractivity contribution in [3.05, 3.63) is 42.5 Å². The van der Waals surface area contributed by atoms with Crippen molar-refractivity contribution in [2.45, 2.75) is 0 Å². The van der Waals surface area contributed by atoms with E-state index in [9.17, 15) is 5.11 Å². The van der Waals surface area contributed by atoms with E-state index in [1.807, 2.05) is 31.3 Å². The van der Waals surface area contributed by atoms with E-state index in [-0.39, 0.29) is 5.75 Å². The average Bonchev–Trinajstić information content (AvgIpc) is 2.81. The fraction of sp³-hybridized carbons (Fsp3) is 0.0714. The SMILES string of the molecule is CNc1ccc(-c2nc3cc(O)ccc3o2)cc1. The van der Waals surface area contributed by atoms with E-state index in [0.29, 0.717) is 17.0 Å². The summed E-state index contributed by atoms with van der Waals surface area (Å²) in [6.45, 7) is 0. The Balaban J connectivity index is 2.07. The molecule has 3 rings (SSSR count). The van der Waals surface area contributed by atoms with Crippen LogP contribution in [0.1, 0.15) is 0 Å². The molecule has 3 aromatic rings. The van der Waals surface area contributed by atoms with Crippen LogP contribution in [-0.4, -0.2) is 17.1 Å². The van der Waals surface area contributed by atoms with Crippen LogP contribution in [0.4, 0.5) is 5.69 Å². The fourth-order valence-electron chi connectivity index (χ4n) is 1.82. The molecule has 0 fully saturated rings. The lowest BCUT2D eigenvalue weighted by atomic mass is 10.2.